The SMILES string of the molecule is CN1CCCN(CCN2SN(c3ccc(F)cc3F)c3ccccc32)CC1. The zero-order valence-corrected chi connectivity index (χ0v) is 16.3. The van der Waals surface area contributed by atoms with Crippen molar-refractivity contribution in [3.05, 3.63) is 54.1 Å². The van der Waals surface area contributed by atoms with E-state index in [4.69, 9.17) is 0 Å². The van der Waals surface area contributed by atoms with Gasteiger partial charge in [0.2, 0.25) is 0 Å². The highest BCUT2D eigenvalue weighted by Crippen LogP contribution is 2.49. The number of halogens is 2. The number of para-hydroxylation sites is 2. The van der Waals surface area contributed by atoms with E-state index < -0.39 is 11.6 Å². The average molecular weight is 391 g/mol. The minimum Gasteiger partial charge on any atom is -0.305 e. The Morgan fingerprint density at radius 1 is 0.889 bits per heavy atom. The topological polar surface area (TPSA) is 13.0 Å². The second-order valence-electron chi connectivity index (χ2n) is 7.06. The lowest BCUT2D eigenvalue weighted by molar-refractivity contribution is 0.284. The normalized spacial score (nSPS) is 18.6. The fourth-order valence-corrected chi connectivity index (χ4v) is 4.65. The van der Waals surface area contributed by atoms with Gasteiger partial charge in [0.05, 0.1) is 29.2 Å². The lowest BCUT2D eigenvalue weighted by Crippen LogP contribution is -2.34. The molecule has 27 heavy (non-hydrogen) atoms. The van der Waals surface area contributed by atoms with Gasteiger partial charge in [-0.3, -0.25) is 8.61 Å². The maximum Gasteiger partial charge on any atom is 0.150 e. The molecule has 0 unspecified atom stereocenters. The highest BCUT2D eigenvalue weighted by Gasteiger charge is 2.30. The monoisotopic (exact) mass is 390 g/mol. The van der Waals surface area contributed by atoms with E-state index in [0.717, 1.165) is 56.7 Å². The summed E-state index contributed by atoms with van der Waals surface area (Å²) in [5.74, 6) is -1.11. The molecule has 7 heteroatoms. The van der Waals surface area contributed by atoms with Gasteiger partial charge in [0.1, 0.15) is 5.82 Å². The molecule has 0 spiro atoms. The first-order valence-corrected chi connectivity index (χ1v) is 10.1. The largest absolute Gasteiger partial charge is 0.305 e. The molecule has 0 radical (unpaired) electrons. The third kappa shape index (κ3) is 4.05. The zero-order chi connectivity index (χ0) is 18.8. The van der Waals surface area contributed by atoms with E-state index >= 15 is 0 Å². The molecule has 0 aliphatic carbocycles. The number of fused-ring (bicyclic) bond motifs is 1. The number of hydrogen-bond acceptors (Lipinski definition) is 5. The summed E-state index contributed by atoms with van der Waals surface area (Å²) in [5.41, 5.74) is 2.38. The van der Waals surface area contributed by atoms with Crippen molar-refractivity contribution in [1.29, 1.82) is 0 Å². The van der Waals surface area contributed by atoms with E-state index in [1.165, 1.54) is 30.7 Å². The molecule has 1 fully saturated rings. The van der Waals surface area contributed by atoms with Crippen molar-refractivity contribution in [3.8, 4) is 0 Å². The summed E-state index contributed by atoms with van der Waals surface area (Å²) in [6.07, 6.45) is 1.19. The van der Waals surface area contributed by atoms with E-state index in [1.54, 1.807) is 0 Å². The smallest absolute Gasteiger partial charge is 0.150 e. The summed E-state index contributed by atoms with van der Waals surface area (Å²) >= 11 is 1.47. The van der Waals surface area contributed by atoms with Gasteiger partial charge in [-0.1, -0.05) is 12.1 Å². The Morgan fingerprint density at radius 2 is 1.70 bits per heavy atom. The van der Waals surface area contributed by atoms with Crippen LogP contribution in [0.15, 0.2) is 42.5 Å². The van der Waals surface area contributed by atoms with Crippen LogP contribution >= 0.6 is 12.1 Å². The number of benzene rings is 2. The zero-order valence-electron chi connectivity index (χ0n) is 15.4. The van der Waals surface area contributed by atoms with Crippen molar-refractivity contribution < 1.29 is 8.78 Å². The van der Waals surface area contributed by atoms with Crippen LogP contribution in [-0.2, 0) is 0 Å². The first-order chi connectivity index (χ1) is 13.1. The third-order valence-corrected chi connectivity index (χ3v) is 6.24. The molecule has 4 nitrogen and oxygen atoms in total. The molecule has 2 aliphatic heterocycles. The molecule has 1 saturated heterocycles. The summed E-state index contributed by atoms with van der Waals surface area (Å²) in [7, 11) is 2.17. The van der Waals surface area contributed by atoms with Crippen molar-refractivity contribution >= 4 is 29.2 Å². The van der Waals surface area contributed by atoms with Crippen molar-refractivity contribution in [2.24, 2.45) is 0 Å². The molecule has 0 atom stereocenters. The first-order valence-electron chi connectivity index (χ1n) is 9.32. The van der Waals surface area contributed by atoms with Gasteiger partial charge < -0.3 is 9.80 Å². The Morgan fingerprint density at radius 3 is 2.52 bits per heavy atom. The molecule has 0 amide bonds. The first kappa shape index (κ1) is 18.5. The van der Waals surface area contributed by atoms with Crippen molar-refractivity contribution in [2.75, 3.05) is 54.9 Å². The minimum atomic E-state index is -0.559. The van der Waals surface area contributed by atoms with Crippen LogP contribution in [0.3, 0.4) is 0 Å². The maximum absolute atomic E-state index is 14.4. The maximum atomic E-state index is 14.4. The molecule has 144 valence electrons. The molecular weight excluding hydrogens is 366 g/mol. The van der Waals surface area contributed by atoms with Gasteiger partial charge in [-0.25, -0.2) is 8.78 Å². The van der Waals surface area contributed by atoms with Crippen LogP contribution in [0.1, 0.15) is 6.42 Å². The van der Waals surface area contributed by atoms with E-state index in [1.807, 2.05) is 22.5 Å². The Hall–Kier alpha value is -1.83. The summed E-state index contributed by atoms with van der Waals surface area (Å²) in [6, 6.07) is 11.7. The number of hydrogen-bond donors (Lipinski definition) is 0. The van der Waals surface area contributed by atoms with E-state index in [9.17, 15) is 8.78 Å². The van der Waals surface area contributed by atoms with Crippen molar-refractivity contribution in [1.82, 2.24) is 9.80 Å². The molecule has 2 aromatic carbocycles. The van der Waals surface area contributed by atoms with Crippen LogP contribution in [0, 0.1) is 11.6 Å². The van der Waals surface area contributed by atoms with Crippen LogP contribution < -0.4 is 8.61 Å². The molecule has 0 N–H and O–H groups in total. The second-order valence-corrected chi connectivity index (χ2v) is 8.03. The molecule has 0 bridgehead atoms. The van der Waals surface area contributed by atoms with Gasteiger partial charge in [0.15, 0.2) is 5.82 Å². The van der Waals surface area contributed by atoms with Gasteiger partial charge >= 0.3 is 0 Å². The lowest BCUT2D eigenvalue weighted by Gasteiger charge is -2.24. The molecule has 2 aromatic rings. The Balaban J connectivity index is 1.50. The standard InChI is InChI=1S/C20H24F2N4S/c1-23-9-4-10-24(12-11-23)13-14-25-19-5-2-3-6-20(19)26(27-25)18-8-7-16(21)15-17(18)22/h2-3,5-8,15H,4,9-14H2,1H3. The number of anilines is 3. The van der Waals surface area contributed by atoms with Gasteiger partial charge in [0.25, 0.3) is 0 Å². The molecule has 2 heterocycles. The molecule has 2 aliphatic rings. The predicted octanol–water partition coefficient (Wildman–Crippen LogP) is 4.12. The highest BCUT2D eigenvalue weighted by atomic mass is 32.2. The van der Waals surface area contributed by atoms with Gasteiger partial charge in [-0.05, 0) is 50.8 Å². The highest BCUT2D eigenvalue weighted by molar-refractivity contribution is 8.02. The summed E-state index contributed by atoms with van der Waals surface area (Å²) in [5, 5.41) is 0. The van der Waals surface area contributed by atoms with Crippen molar-refractivity contribution in [3.63, 3.8) is 0 Å². The second kappa shape index (κ2) is 8.04. The van der Waals surface area contributed by atoms with E-state index in [-0.39, 0.29) is 0 Å². The van der Waals surface area contributed by atoms with Crippen LogP contribution in [0.2, 0.25) is 0 Å². The quantitative estimate of drug-likeness (QED) is 0.726. The Bertz CT molecular complexity index is 803. The fraction of sp³-hybridized carbons (Fsp3) is 0.400. The number of likely N-dealkylation sites (N-methyl/N-ethyl adjacent to an activating group) is 1. The average Bonchev–Trinajstić information content (AvgIpc) is 2.88. The number of rotatable bonds is 4. The van der Waals surface area contributed by atoms with E-state index in [0.29, 0.717) is 5.69 Å². The molecule has 4 rings (SSSR count). The molecule has 0 saturated carbocycles. The third-order valence-electron chi connectivity index (χ3n) is 5.11. The summed E-state index contributed by atoms with van der Waals surface area (Å²) in [4.78, 5) is 4.87. The van der Waals surface area contributed by atoms with Crippen LogP contribution in [0.5, 0.6) is 0 Å². The van der Waals surface area contributed by atoms with Gasteiger partial charge in [-0.15, -0.1) is 0 Å². The minimum absolute atomic E-state index is 0.382. The Kier molecular flexibility index (Phi) is 5.52. The van der Waals surface area contributed by atoms with Crippen LogP contribution in [0.4, 0.5) is 25.8 Å². The van der Waals surface area contributed by atoms with Crippen LogP contribution in [0.25, 0.3) is 0 Å². The van der Waals surface area contributed by atoms with Crippen LogP contribution in [-0.4, -0.2) is 56.1 Å². The molecular formula is C20H24F2N4S. The summed E-state index contributed by atoms with van der Waals surface area (Å²) in [6.45, 7) is 6.25. The van der Waals surface area contributed by atoms with E-state index in [2.05, 4.69) is 27.2 Å². The van der Waals surface area contributed by atoms with Gasteiger partial charge in [-0.2, -0.15) is 0 Å². The molecule has 0 aromatic heterocycles. The fourth-order valence-electron chi connectivity index (χ4n) is 3.57. The lowest BCUT2D eigenvalue weighted by atomic mass is 10.2. The predicted molar refractivity (Wildman–Crippen MR) is 108 cm³/mol. The Labute approximate surface area is 163 Å². The van der Waals surface area contributed by atoms with Gasteiger partial charge in [0, 0.05) is 32.2 Å². The number of nitrogens with zero attached hydrogens (tertiary/aromatic N) is 4. The van der Waals surface area contributed by atoms with Crippen molar-refractivity contribution in [2.45, 2.75) is 6.42 Å². The summed E-state index contributed by atoms with van der Waals surface area (Å²) < 4.78 is 31.7.